The molecule has 156 valence electrons. The largest absolute Gasteiger partial charge is 0.356 e. The molecule has 2 N–H and O–H groups in total. The van der Waals surface area contributed by atoms with Crippen LogP contribution in [0.25, 0.3) is 0 Å². The number of nitrogens with one attached hydrogen (secondary N) is 2. The maximum atomic E-state index is 4.46. The molecule has 6 nitrogen and oxygen atoms in total. The molecular weight excluding hydrogens is 471 g/mol. The van der Waals surface area contributed by atoms with Crippen molar-refractivity contribution in [3.8, 4) is 0 Å². The predicted octanol–water partition coefficient (Wildman–Crippen LogP) is 2.45. The second kappa shape index (κ2) is 14.5. The highest BCUT2D eigenvalue weighted by Gasteiger charge is 2.14. The number of nitrogens with zero attached hydrogens (tertiary/aromatic N) is 4. The van der Waals surface area contributed by atoms with Crippen molar-refractivity contribution in [2.24, 2.45) is 4.99 Å². The van der Waals surface area contributed by atoms with E-state index in [1.165, 1.54) is 62.0 Å². The van der Waals surface area contributed by atoms with E-state index in [9.17, 15) is 0 Å². The second-order valence-electron chi connectivity index (χ2n) is 6.73. The monoisotopic (exact) mass is 508 g/mol. The third-order valence-electron chi connectivity index (χ3n) is 4.91. The van der Waals surface area contributed by atoms with Gasteiger partial charge in [0.1, 0.15) is 0 Å². The van der Waals surface area contributed by atoms with Gasteiger partial charge in [0, 0.05) is 63.8 Å². The molecule has 0 saturated carbocycles. The molecule has 2 rings (SSSR count). The highest BCUT2D eigenvalue weighted by Crippen LogP contribution is 2.13. The number of aliphatic imine (C=N–C) groups is 1. The zero-order valence-corrected chi connectivity index (χ0v) is 20.3. The zero-order valence-electron chi connectivity index (χ0n) is 17.2. The van der Waals surface area contributed by atoms with Crippen molar-refractivity contribution in [2.75, 3.05) is 59.4 Å². The molecule has 8 heteroatoms. The van der Waals surface area contributed by atoms with E-state index in [1.54, 1.807) is 0 Å². The van der Waals surface area contributed by atoms with E-state index in [0.29, 0.717) is 0 Å². The smallest absolute Gasteiger partial charge is 0.190 e. The fourth-order valence-electron chi connectivity index (χ4n) is 3.13. The first-order chi connectivity index (χ1) is 12.7. The Balaban J connectivity index is 0.00000364. The Hall–Kier alpha value is -0.450. The van der Waals surface area contributed by atoms with Gasteiger partial charge in [0.05, 0.1) is 5.01 Å². The lowest BCUT2D eigenvalue weighted by molar-refractivity contribution is 0.136. The highest BCUT2D eigenvalue weighted by molar-refractivity contribution is 14.0. The lowest BCUT2D eigenvalue weighted by Gasteiger charge is -2.34. The highest BCUT2D eigenvalue weighted by atomic mass is 127. The van der Waals surface area contributed by atoms with Crippen LogP contribution in [0, 0.1) is 0 Å². The number of likely N-dealkylation sites (N-methyl/N-ethyl adjacent to an activating group) is 1. The number of thiazole rings is 1. The summed E-state index contributed by atoms with van der Waals surface area (Å²) in [6.45, 7) is 13.6. The van der Waals surface area contributed by atoms with E-state index in [4.69, 9.17) is 0 Å². The number of hydrogen-bond acceptors (Lipinski definition) is 5. The minimum absolute atomic E-state index is 0. The number of guanidine groups is 1. The molecule has 1 aliphatic rings. The SMILES string of the molecule is CCc1cnc(CCNC(=NC)NCCCCN2CCN(CC)CC2)s1.I. The standard InChI is InChI=1S/C19H36N6S.HI/c1-4-17-16-23-18(26-17)8-10-22-19(20-3)21-9-6-7-11-25-14-12-24(5-2)13-15-25;/h16H,4-15H2,1-3H3,(H2,20,21,22);1H. The van der Waals surface area contributed by atoms with Gasteiger partial charge in [-0.3, -0.25) is 4.99 Å². The quantitative estimate of drug-likeness (QED) is 0.220. The first kappa shape index (κ1) is 24.6. The average Bonchev–Trinajstić information content (AvgIpc) is 3.14. The summed E-state index contributed by atoms with van der Waals surface area (Å²) in [5, 5.41) is 8.01. The molecule has 27 heavy (non-hydrogen) atoms. The fraction of sp³-hybridized carbons (Fsp3) is 0.789. The Morgan fingerprint density at radius 3 is 2.44 bits per heavy atom. The fourth-order valence-corrected chi connectivity index (χ4v) is 3.99. The summed E-state index contributed by atoms with van der Waals surface area (Å²) in [4.78, 5) is 15.3. The van der Waals surface area contributed by atoms with E-state index in [2.05, 4.69) is 44.3 Å². The molecule has 1 fully saturated rings. The van der Waals surface area contributed by atoms with Crippen LogP contribution in [0.4, 0.5) is 0 Å². The number of aromatic nitrogens is 1. The number of rotatable bonds is 10. The molecule has 0 unspecified atom stereocenters. The summed E-state index contributed by atoms with van der Waals surface area (Å²) < 4.78 is 0. The maximum Gasteiger partial charge on any atom is 0.190 e. The van der Waals surface area contributed by atoms with Crippen molar-refractivity contribution < 1.29 is 0 Å². The lowest BCUT2D eigenvalue weighted by atomic mass is 10.2. The minimum atomic E-state index is 0. The number of aryl methyl sites for hydroxylation is 1. The molecule has 1 saturated heterocycles. The van der Waals surface area contributed by atoms with Crippen molar-refractivity contribution >= 4 is 41.3 Å². The Morgan fingerprint density at radius 2 is 1.81 bits per heavy atom. The van der Waals surface area contributed by atoms with Crippen LogP contribution >= 0.6 is 35.3 Å². The molecule has 0 aromatic carbocycles. The van der Waals surface area contributed by atoms with Crippen molar-refractivity contribution in [3.63, 3.8) is 0 Å². The van der Waals surface area contributed by atoms with Crippen LogP contribution in [0.5, 0.6) is 0 Å². The van der Waals surface area contributed by atoms with Crippen molar-refractivity contribution in [2.45, 2.75) is 39.5 Å². The predicted molar refractivity (Wildman–Crippen MR) is 128 cm³/mol. The van der Waals surface area contributed by atoms with Gasteiger partial charge in [0.15, 0.2) is 5.96 Å². The third kappa shape index (κ3) is 9.54. The Labute approximate surface area is 186 Å². The van der Waals surface area contributed by atoms with Crippen molar-refractivity contribution in [1.82, 2.24) is 25.4 Å². The van der Waals surface area contributed by atoms with Gasteiger partial charge >= 0.3 is 0 Å². The number of unbranched alkanes of at least 4 members (excludes halogenated alkanes) is 1. The molecule has 2 heterocycles. The third-order valence-corrected chi connectivity index (χ3v) is 6.11. The molecule has 1 aliphatic heterocycles. The maximum absolute atomic E-state index is 4.46. The van der Waals surface area contributed by atoms with Crippen molar-refractivity contribution in [1.29, 1.82) is 0 Å². The van der Waals surface area contributed by atoms with E-state index in [-0.39, 0.29) is 24.0 Å². The van der Waals surface area contributed by atoms with Crippen LogP contribution in [0.1, 0.15) is 36.6 Å². The molecule has 0 bridgehead atoms. The number of halogens is 1. The molecule has 1 aromatic rings. The summed E-state index contributed by atoms with van der Waals surface area (Å²) >= 11 is 1.81. The van der Waals surface area contributed by atoms with Gasteiger partial charge in [-0.2, -0.15) is 0 Å². The van der Waals surface area contributed by atoms with Crippen LogP contribution in [0.3, 0.4) is 0 Å². The van der Waals surface area contributed by atoms with Crippen LogP contribution in [-0.2, 0) is 12.8 Å². The Morgan fingerprint density at radius 1 is 1.11 bits per heavy atom. The second-order valence-corrected chi connectivity index (χ2v) is 7.93. The molecular formula is C19H37IN6S. The van der Waals surface area contributed by atoms with Crippen molar-refractivity contribution in [3.05, 3.63) is 16.1 Å². The van der Waals surface area contributed by atoms with Gasteiger partial charge < -0.3 is 20.4 Å². The summed E-state index contributed by atoms with van der Waals surface area (Å²) in [6, 6.07) is 0. The zero-order chi connectivity index (χ0) is 18.6. The molecule has 0 amide bonds. The van der Waals surface area contributed by atoms with Gasteiger partial charge in [-0.05, 0) is 32.4 Å². The number of hydrogen-bond donors (Lipinski definition) is 2. The normalized spacial score (nSPS) is 16.2. The Kier molecular flexibility index (Phi) is 13.2. The van der Waals surface area contributed by atoms with Crippen LogP contribution in [-0.4, -0.2) is 80.1 Å². The van der Waals surface area contributed by atoms with Gasteiger partial charge in [-0.1, -0.05) is 13.8 Å². The molecule has 0 radical (unpaired) electrons. The Bertz CT molecular complexity index is 528. The van der Waals surface area contributed by atoms with Crippen LogP contribution in [0.15, 0.2) is 11.2 Å². The van der Waals surface area contributed by atoms with E-state index >= 15 is 0 Å². The first-order valence-electron chi connectivity index (χ1n) is 10.1. The number of piperazine rings is 1. The molecule has 0 atom stereocenters. The summed E-state index contributed by atoms with van der Waals surface area (Å²) in [5.41, 5.74) is 0. The molecule has 0 aliphatic carbocycles. The van der Waals surface area contributed by atoms with Crippen LogP contribution < -0.4 is 10.6 Å². The lowest BCUT2D eigenvalue weighted by Crippen LogP contribution is -2.46. The molecule has 1 aromatic heterocycles. The molecule has 0 spiro atoms. The van der Waals surface area contributed by atoms with E-state index in [0.717, 1.165) is 31.9 Å². The van der Waals surface area contributed by atoms with Gasteiger partial charge in [0.25, 0.3) is 0 Å². The van der Waals surface area contributed by atoms with Crippen LogP contribution in [0.2, 0.25) is 0 Å². The summed E-state index contributed by atoms with van der Waals surface area (Å²) in [7, 11) is 1.83. The minimum Gasteiger partial charge on any atom is -0.356 e. The average molecular weight is 509 g/mol. The van der Waals surface area contributed by atoms with Gasteiger partial charge in [0.2, 0.25) is 0 Å². The topological polar surface area (TPSA) is 55.8 Å². The van der Waals surface area contributed by atoms with Gasteiger partial charge in [-0.15, -0.1) is 35.3 Å². The summed E-state index contributed by atoms with van der Waals surface area (Å²) in [6.07, 6.45) is 6.45. The van der Waals surface area contributed by atoms with E-state index < -0.39 is 0 Å². The summed E-state index contributed by atoms with van der Waals surface area (Å²) in [5.74, 6) is 0.897. The first-order valence-corrected chi connectivity index (χ1v) is 10.9. The van der Waals surface area contributed by atoms with E-state index in [1.807, 2.05) is 24.6 Å². The van der Waals surface area contributed by atoms with Gasteiger partial charge in [-0.25, -0.2) is 4.98 Å².